The summed E-state index contributed by atoms with van der Waals surface area (Å²) in [6.45, 7) is 5.50. The molecule has 1 aliphatic rings. The summed E-state index contributed by atoms with van der Waals surface area (Å²) >= 11 is 0. The third kappa shape index (κ3) is 4.14. The van der Waals surface area contributed by atoms with E-state index in [9.17, 15) is 14.0 Å². The molecule has 1 aromatic carbocycles. The number of amides is 3. The molecular weight excluding hydrogens is 401 g/mol. The normalized spacial score (nSPS) is 14.1. The number of benzene rings is 1. The summed E-state index contributed by atoms with van der Waals surface area (Å²) in [4.78, 5) is 28.6. The van der Waals surface area contributed by atoms with Gasteiger partial charge in [0.15, 0.2) is 0 Å². The maximum absolute atomic E-state index is 13.0. The first-order valence-electron chi connectivity index (χ1n) is 10.00. The van der Waals surface area contributed by atoms with Crippen LogP contribution in [0.2, 0.25) is 0 Å². The van der Waals surface area contributed by atoms with Gasteiger partial charge in [0.25, 0.3) is 5.91 Å². The van der Waals surface area contributed by atoms with Gasteiger partial charge in [-0.1, -0.05) is 0 Å². The number of piperazine rings is 1. The number of nitrogens with one attached hydrogen (secondary N) is 2. The van der Waals surface area contributed by atoms with Crippen molar-refractivity contribution in [2.24, 2.45) is 7.05 Å². The van der Waals surface area contributed by atoms with Crippen molar-refractivity contribution in [3.63, 3.8) is 0 Å². The molecule has 1 saturated heterocycles. The predicted octanol–water partition coefficient (Wildman–Crippen LogP) is 2.56. The van der Waals surface area contributed by atoms with Gasteiger partial charge in [-0.05, 0) is 44.2 Å². The number of hydrogen-bond acceptors (Lipinski definition) is 4. The van der Waals surface area contributed by atoms with E-state index in [0.29, 0.717) is 43.3 Å². The monoisotopic (exact) mass is 425 g/mol. The standard InChI is InChI=1S/C21H24FN7O2/c1-13-19(14(2)27(3)26-13)17-12-18(25-24-17)20(30)28-8-10-29(11-9-28)21(31)23-16-6-4-15(22)5-7-16/h4-7,12H,8-11H2,1-3H3,(H,23,31)(H,24,25). The van der Waals surface area contributed by atoms with Crippen LogP contribution >= 0.6 is 0 Å². The second-order valence-corrected chi connectivity index (χ2v) is 7.55. The van der Waals surface area contributed by atoms with Crippen molar-refractivity contribution >= 4 is 17.6 Å². The van der Waals surface area contributed by atoms with E-state index in [-0.39, 0.29) is 17.8 Å². The summed E-state index contributed by atoms with van der Waals surface area (Å²) in [6, 6.07) is 7.07. The molecule has 0 bridgehead atoms. The summed E-state index contributed by atoms with van der Waals surface area (Å²) in [5.41, 5.74) is 4.36. The highest BCUT2D eigenvalue weighted by molar-refractivity contribution is 5.94. The maximum atomic E-state index is 13.0. The molecule has 0 radical (unpaired) electrons. The lowest BCUT2D eigenvalue weighted by molar-refractivity contribution is 0.0666. The fraction of sp³-hybridized carbons (Fsp3) is 0.333. The second-order valence-electron chi connectivity index (χ2n) is 7.55. The molecule has 1 fully saturated rings. The van der Waals surface area contributed by atoms with Gasteiger partial charge >= 0.3 is 6.03 Å². The number of halogens is 1. The number of carbonyl (C=O) groups excluding carboxylic acids is 2. The minimum atomic E-state index is -0.360. The Morgan fingerprint density at radius 2 is 1.71 bits per heavy atom. The minimum Gasteiger partial charge on any atom is -0.334 e. The van der Waals surface area contributed by atoms with Gasteiger partial charge in [0.1, 0.15) is 11.5 Å². The molecule has 3 heterocycles. The molecule has 0 atom stereocenters. The summed E-state index contributed by atoms with van der Waals surface area (Å²) in [6.07, 6.45) is 0. The van der Waals surface area contributed by atoms with Gasteiger partial charge in [0.05, 0.1) is 11.4 Å². The van der Waals surface area contributed by atoms with E-state index in [2.05, 4.69) is 20.6 Å². The third-order valence-electron chi connectivity index (χ3n) is 5.52. The number of aryl methyl sites for hydroxylation is 2. The van der Waals surface area contributed by atoms with Crippen LogP contribution in [0.4, 0.5) is 14.9 Å². The van der Waals surface area contributed by atoms with Gasteiger partial charge < -0.3 is 15.1 Å². The van der Waals surface area contributed by atoms with Crippen molar-refractivity contribution in [2.45, 2.75) is 13.8 Å². The number of rotatable bonds is 3. The highest BCUT2D eigenvalue weighted by Gasteiger charge is 2.26. The molecule has 0 unspecified atom stereocenters. The molecule has 162 valence electrons. The summed E-state index contributed by atoms with van der Waals surface area (Å²) in [7, 11) is 1.87. The van der Waals surface area contributed by atoms with Crippen LogP contribution < -0.4 is 5.32 Å². The quantitative estimate of drug-likeness (QED) is 0.674. The van der Waals surface area contributed by atoms with Gasteiger partial charge in [-0.3, -0.25) is 14.6 Å². The molecule has 3 amide bonds. The Kier molecular flexibility index (Phi) is 5.45. The zero-order valence-corrected chi connectivity index (χ0v) is 17.6. The highest BCUT2D eigenvalue weighted by atomic mass is 19.1. The van der Waals surface area contributed by atoms with Crippen molar-refractivity contribution in [1.29, 1.82) is 0 Å². The van der Waals surface area contributed by atoms with Crippen molar-refractivity contribution < 1.29 is 14.0 Å². The molecule has 9 nitrogen and oxygen atoms in total. The van der Waals surface area contributed by atoms with Crippen LogP contribution in [-0.2, 0) is 7.05 Å². The Hall–Kier alpha value is -3.69. The van der Waals surface area contributed by atoms with Crippen molar-refractivity contribution in [3.05, 3.63) is 53.2 Å². The Balaban J connectivity index is 1.37. The van der Waals surface area contributed by atoms with Crippen molar-refractivity contribution in [3.8, 4) is 11.3 Å². The molecular formula is C21H24FN7O2. The molecule has 0 aliphatic carbocycles. The van der Waals surface area contributed by atoms with E-state index >= 15 is 0 Å². The summed E-state index contributed by atoms with van der Waals surface area (Å²) in [5.74, 6) is -0.516. The lowest BCUT2D eigenvalue weighted by Crippen LogP contribution is -2.51. The fourth-order valence-corrected chi connectivity index (χ4v) is 3.72. The minimum absolute atomic E-state index is 0.156. The first-order chi connectivity index (χ1) is 14.8. The molecule has 31 heavy (non-hydrogen) atoms. The van der Waals surface area contributed by atoms with Crippen LogP contribution in [0, 0.1) is 19.7 Å². The van der Waals surface area contributed by atoms with Crippen molar-refractivity contribution in [1.82, 2.24) is 29.8 Å². The molecule has 3 aromatic rings. The van der Waals surface area contributed by atoms with Crippen LogP contribution in [-0.4, -0.2) is 67.9 Å². The average Bonchev–Trinajstić information content (AvgIpc) is 3.33. The molecule has 2 aromatic heterocycles. The second kappa shape index (κ2) is 8.21. The van der Waals surface area contributed by atoms with E-state index in [0.717, 1.165) is 17.0 Å². The van der Waals surface area contributed by atoms with E-state index in [1.165, 1.54) is 24.3 Å². The first kappa shape index (κ1) is 20.6. The molecule has 0 spiro atoms. The number of carbonyl (C=O) groups is 2. The summed E-state index contributed by atoms with van der Waals surface area (Å²) < 4.78 is 14.8. The van der Waals surface area contributed by atoms with Crippen LogP contribution in [0.25, 0.3) is 11.3 Å². The topological polar surface area (TPSA) is 99.1 Å². The number of H-pyrrole nitrogens is 1. The van der Waals surface area contributed by atoms with E-state index in [4.69, 9.17) is 0 Å². The smallest absolute Gasteiger partial charge is 0.321 e. The van der Waals surface area contributed by atoms with E-state index in [1.807, 2.05) is 20.9 Å². The average molecular weight is 425 g/mol. The van der Waals surface area contributed by atoms with Crippen LogP contribution in [0.15, 0.2) is 30.3 Å². The van der Waals surface area contributed by atoms with Crippen LogP contribution in [0.3, 0.4) is 0 Å². The Bertz CT molecular complexity index is 1110. The zero-order chi connectivity index (χ0) is 22.1. The van der Waals surface area contributed by atoms with E-state index in [1.54, 1.807) is 20.5 Å². The SMILES string of the molecule is Cc1nn(C)c(C)c1-c1cc(C(=O)N2CCN(C(=O)Nc3ccc(F)cc3)CC2)[nH]n1. The number of urea groups is 1. The summed E-state index contributed by atoms with van der Waals surface area (Å²) in [5, 5.41) is 14.3. The predicted molar refractivity (Wildman–Crippen MR) is 113 cm³/mol. The largest absolute Gasteiger partial charge is 0.334 e. The Morgan fingerprint density at radius 1 is 1.06 bits per heavy atom. The van der Waals surface area contributed by atoms with Gasteiger partial charge in [-0.25, -0.2) is 9.18 Å². The lowest BCUT2D eigenvalue weighted by Gasteiger charge is -2.34. The van der Waals surface area contributed by atoms with Crippen LogP contribution in [0.1, 0.15) is 21.9 Å². The third-order valence-corrected chi connectivity index (χ3v) is 5.52. The van der Waals surface area contributed by atoms with Gasteiger partial charge in [-0.15, -0.1) is 0 Å². The zero-order valence-electron chi connectivity index (χ0n) is 17.6. The number of anilines is 1. The van der Waals surface area contributed by atoms with Crippen LogP contribution in [0.5, 0.6) is 0 Å². The Morgan fingerprint density at radius 3 is 2.32 bits per heavy atom. The molecule has 2 N–H and O–H groups in total. The fourth-order valence-electron chi connectivity index (χ4n) is 3.72. The van der Waals surface area contributed by atoms with Gasteiger partial charge in [0, 0.05) is 50.2 Å². The maximum Gasteiger partial charge on any atom is 0.321 e. The Labute approximate surface area is 178 Å². The molecule has 4 rings (SSSR count). The van der Waals surface area contributed by atoms with Crippen molar-refractivity contribution in [2.75, 3.05) is 31.5 Å². The van der Waals surface area contributed by atoms with E-state index < -0.39 is 0 Å². The molecule has 1 aliphatic heterocycles. The highest BCUT2D eigenvalue weighted by Crippen LogP contribution is 2.25. The molecule has 0 saturated carbocycles. The number of hydrogen-bond donors (Lipinski definition) is 2. The van der Waals surface area contributed by atoms with Gasteiger partial charge in [-0.2, -0.15) is 10.2 Å². The number of aromatic amines is 1. The first-order valence-corrected chi connectivity index (χ1v) is 10.00. The molecule has 10 heteroatoms. The lowest BCUT2D eigenvalue weighted by atomic mass is 10.1. The number of nitrogens with zero attached hydrogens (tertiary/aromatic N) is 5. The number of aromatic nitrogens is 4. The van der Waals surface area contributed by atoms with Gasteiger partial charge in [0.2, 0.25) is 0 Å².